The van der Waals surface area contributed by atoms with Crippen LogP contribution in [0.3, 0.4) is 0 Å². The van der Waals surface area contributed by atoms with Gasteiger partial charge in [0.25, 0.3) is 0 Å². The van der Waals surface area contributed by atoms with Crippen LogP contribution < -0.4 is 10.6 Å². The maximum absolute atomic E-state index is 12.8. The van der Waals surface area contributed by atoms with E-state index in [1.165, 1.54) is 24.6 Å². The second kappa shape index (κ2) is 11.4. The number of hydrogen-bond acceptors (Lipinski definition) is 8. The number of carbonyl (C=O) groups excluding carboxylic acids is 1. The van der Waals surface area contributed by atoms with E-state index in [4.69, 9.17) is 4.74 Å². The molecule has 8 atom stereocenters. The molecule has 0 spiro atoms. The number of aliphatic hydroxyl groups excluding tert-OH is 3. The molecule has 28 heavy (non-hydrogen) atoms. The van der Waals surface area contributed by atoms with E-state index in [1.807, 2.05) is 25.6 Å². The fraction of sp³-hybridized carbons (Fsp3) is 0.947. The minimum atomic E-state index is -1.31. The molecule has 2 rings (SSSR count). The van der Waals surface area contributed by atoms with Crippen molar-refractivity contribution in [2.75, 3.05) is 18.6 Å². The van der Waals surface area contributed by atoms with Crippen LogP contribution in [-0.4, -0.2) is 87.0 Å². The number of unbranched alkanes of at least 4 members (excludes halogenated alkanes) is 1. The van der Waals surface area contributed by atoms with Gasteiger partial charge in [0.2, 0.25) is 5.91 Å². The summed E-state index contributed by atoms with van der Waals surface area (Å²) < 4.78 is 5.87. The Hall–Kier alpha value is -0.0300. The van der Waals surface area contributed by atoms with Crippen LogP contribution in [0, 0.1) is 5.92 Å². The molecule has 0 saturated carbocycles. The Kier molecular flexibility index (Phi) is 9.86. The highest BCUT2D eigenvalue weighted by Crippen LogP contribution is 2.30. The molecule has 5 N–H and O–H groups in total. The van der Waals surface area contributed by atoms with Gasteiger partial charge in [-0.1, -0.05) is 27.2 Å². The van der Waals surface area contributed by atoms with E-state index in [-0.39, 0.29) is 17.9 Å². The molecule has 0 aliphatic carbocycles. The van der Waals surface area contributed by atoms with Crippen LogP contribution >= 0.6 is 23.5 Å². The Morgan fingerprint density at radius 3 is 2.57 bits per heavy atom. The number of aliphatic hydroxyl groups is 3. The first kappa shape index (κ1) is 24.2. The molecule has 0 aromatic heterocycles. The first-order chi connectivity index (χ1) is 13.3. The summed E-state index contributed by atoms with van der Waals surface area (Å²) in [5.41, 5.74) is -0.648. The Balaban J connectivity index is 1.98. The summed E-state index contributed by atoms with van der Waals surface area (Å²) >= 11 is 3.19. The van der Waals surface area contributed by atoms with Gasteiger partial charge in [-0.15, -0.1) is 11.8 Å². The molecule has 2 saturated heterocycles. The van der Waals surface area contributed by atoms with Gasteiger partial charge in [0.15, 0.2) is 0 Å². The molecule has 164 valence electrons. The smallest absolute Gasteiger partial charge is 0.237 e. The minimum Gasteiger partial charge on any atom is -0.388 e. The van der Waals surface area contributed by atoms with Gasteiger partial charge in [0.05, 0.1) is 12.1 Å². The van der Waals surface area contributed by atoms with E-state index >= 15 is 0 Å². The maximum Gasteiger partial charge on any atom is 0.237 e. The lowest BCUT2D eigenvalue weighted by Crippen LogP contribution is -2.64. The molecular formula is C19H36N2O5S2. The Bertz CT molecular complexity index is 497. The number of amides is 1. The highest BCUT2D eigenvalue weighted by Gasteiger charge is 2.47. The summed E-state index contributed by atoms with van der Waals surface area (Å²) in [5, 5.41) is 37.5. The van der Waals surface area contributed by atoms with Gasteiger partial charge in [0.1, 0.15) is 29.9 Å². The topological polar surface area (TPSA) is 111 Å². The van der Waals surface area contributed by atoms with Crippen molar-refractivity contribution in [3.8, 4) is 0 Å². The lowest BCUT2D eigenvalue weighted by atomic mass is 9.88. The summed E-state index contributed by atoms with van der Waals surface area (Å²) in [7, 11) is 0. The molecule has 7 nitrogen and oxygen atoms in total. The molecule has 0 bridgehead atoms. The number of carbonyl (C=O) groups is 1. The molecule has 9 heteroatoms. The average molecular weight is 437 g/mol. The zero-order chi connectivity index (χ0) is 20.8. The SMILES string of the molecule is CCCCSC1CNC(C(=O)NC(C(C)C)C2OC(SC)C(O)C(O)C2O)C1. The summed E-state index contributed by atoms with van der Waals surface area (Å²) in [6, 6.07) is -0.721. The monoisotopic (exact) mass is 436 g/mol. The third-order valence-corrected chi connectivity index (χ3v) is 7.69. The summed E-state index contributed by atoms with van der Waals surface area (Å²) in [6.07, 6.45) is 0.408. The molecule has 0 aromatic rings. The number of thioether (sulfide) groups is 2. The standard InChI is InChI=1S/C19H36N2O5S2/c1-5-6-7-28-11-8-12(20-9-11)18(25)21-13(10(2)3)17-15(23)14(22)16(24)19(26-17)27-4/h10-17,19-20,22-24H,5-9H2,1-4H3,(H,21,25). The average Bonchev–Trinajstić information content (AvgIpc) is 3.14. The van der Waals surface area contributed by atoms with Crippen LogP contribution in [0.2, 0.25) is 0 Å². The normalized spacial score (nSPS) is 37.2. The Morgan fingerprint density at radius 2 is 1.96 bits per heavy atom. The van der Waals surface area contributed by atoms with Crippen LogP contribution in [0.4, 0.5) is 0 Å². The second-order valence-electron chi connectivity index (χ2n) is 8.00. The van der Waals surface area contributed by atoms with Gasteiger partial charge in [-0.3, -0.25) is 4.79 Å². The van der Waals surface area contributed by atoms with Crippen LogP contribution in [0.15, 0.2) is 0 Å². The van der Waals surface area contributed by atoms with Gasteiger partial charge in [-0.2, -0.15) is 11.8 Å². The Labute approximate surface area is 176 Å². The first-order valence-corrected chi connectivity index (χ1v) is 12.5. The molecule has 2 heterocycles. The van der Waals surface area contributed by atoms with Crippen molar-refractivity contribution in [1.82, 2.24) is 10.6 Å². The molecule has 2 fully saturated rings. The zero-order valence-electron chi connectivity index (χ0n) is 17.2. The van der Waals surface area contributed by atoms with Crippen molar-refractivity contribution in [1.29, 1.82) is 0 Å². The van der Waals surface area contributed by atoms with Crippen molar-refractivity contribution in [3.63, 3.8) is 0 Å². The van der Waals surface area contributed by atoms with E-state index in [1.54, 1.807) is 6.26 Å². The molecular weight excluding hydrogens is 400 g/mol. The van der Waals surface area contributed by atoms with Crippen LogP contribution in [-0.2, 0) is 9.53 Å². The third-order valence-electron chi connectivity index (χ3n) is 5.48. The van der Waals surface area contributed by atoms with Gasteiger partial charge in [-0.25, -0.2) is 0 Å². The third kappa shape index (κ3) is 6.00. The lowest BCUT2D eigenvalue weighted by Gasteiger charge is -2.44. The quantitative estimate of drug-likeness (QED) is 0.334. The van der Waals surface area contributed by atoms with Crippen molar-refractivity contribution in [2.45, 2.75) is 87.2 Å². The molecule has 1 amide bonds. The highest BCUT2D eigenvalue weighted by molar-refractivity contribution is 8.00. The summed E-state index contributed by atoms with van der Waals surface area (Å²) in [6.45, 7) is 6.88. The second-order valence-corrected chi connectivity index (χ2v) is 10.3. The van der Waals surface area contributed by atoms with Crippen LogP contribution in [0.1, 0.15) is 40.0 Å². The van der Waals surface area contributed by atoms with Gasteiger partial charge in [0, 0.05) is 11.8 Å². The molecule has 2 aliphatic rings. The fourth-order valence-corrected chi connectivity index (χ4v) is 5.69. The van der Waals surface area contributed by atoms with Gasteiger partial charge in [-0.05, 0) is 30.8 Å². The molecule has 0 aromatic carbocycles. The number of nitrogens with one attached hydrogen (secondary N) is 2. The summed E-state index contributed by atoms with van der Waals surface area (Å²) in [4.78, 5) is 12.8. The summed E-state index contributed by atoms with van der Waals surface area (Å²) in [5.74, 6) is 1.00. The molecule has 0 radical (unpaired) electrons. The van der Waals surface area contributed by atoms with E-state index < -0.39 is 35.9 Å². The van der Waals surface area contributed by atoms with Crippen molar-refractivity contribution in [2.24, 2.45) is 5.92 Å². The first-order valence-electron chi connectivity index (χ1n) is 10.2. The predicted octanol–water partition coefficient (Wildman–Crippen LogP) is 0.562. The largest absolute Gasteiger partial charge is 0.388 e. The lowest BCUT2D eigenvalue weighted by molar-refractivity contribution is -0.208. The number of ether oxygens (including phenoxy) is 1. The predicted molar refractivity (Wildman–Crippen MR) is 115 cm³/mol. The van der Waals surface area contributed by atoms with E-state index in [0.717, 1.165) is 18.7 Å². The van der Waals surface area contributed by atoms with Gasteiger partial charge >= 0.3 is 0 Å². The van der Waals surface area contributed by atoms with Crippen molar-refractivity contribution >= 4 is 29.4 Å². The maximum atomic E-state index is 12.8. The fourth-order valence-electron chi connectivity index (χ4n) is 3.68. The number of rotatable bonds is 9. The number of hydrogen-bond donors (Lipinski definition) is 5. The van der Waals surface area contributed by atoms with E-state index in [2.05, 4.69) is 17.6 Å². The molecule has 8 unspecified atom stereocenters. The minimum absolute atomic E-state index is 0.00956. The Morgan fingerprint density at radius 1 is 1.25 bits per heavy atom. The van der Waals surface area contributed by atoms with Crippen LogP contribution in [0.5, 0.6) is 0 Å². The van der Waals surface area contributed by atoms with Crippen LogP contribution in [0.25, 0.3) is 0 Å². The van der Waals surface area contributed by atoms with Crippen molar-refractivity contribution in [3.05, 3.63) is 0 Å². The van der Waals surface area contributed by atoms with E-state index in [9.17, 15) is 20.1 Å². The van der Waals surface area contributed by atoms with Crippen molar-refractivity contribution < 1.29 is 24.9 Å². The van der Waals surface area contributed by atoms with E-state index in [0.29, 0.717) is 5.25 Å². The van der Waals surface area contributed by atoms with Gasteiger partial charge < -0.3 is 30.7 Å². The molecule has 2 aliphatic heterocycles. The zero-order valence-corrected chi connectivity index (χ0v) is 18.8. The highest BCUT2D eigenvalue weighted by atomic mass is 32.2.